The summed E-state index contributed by atoms with van der Waals surface area (Å²) in [6, 6.07) is 4.44. The molecule has 0 aliphatic rings. The number of rotatable bonds is 8. The van der Waals surface area contributed by atoms with Crippen molar-refractivity contribution in [2.24, 2.45) is 0 Å². The minimum atomic E-state index is -1.67. The van der Waals surface area contributed by atoms with E-state index < -0.39 is 16.6 Å². The zero-order chi connectivity index (χ0) is 11.9. The lowest BCUT2D eigenvalue weighted by atomic mass is 10.9. The molecule has 0 bridgehead atoms. The van der Waals surface area contributed by atoms with E-state index in [0.29, 0.717) is 11.0 Å². The summed E-state index contributed by atoms with van der Waals surface area (Å²) in [7, 11) is -3.35. The second-order valence-corrected chi connectivity index (χ2v) is 14.7. The van der Waals surface area contributed by atoms with Crippen molar-refractivity contribution < 1.29 is 4.12 Å². The van der Waals surface area contributed by atoms with E-state index in [1.54, 1.807) is 0 Å². The lowest BCUT2D eigenvalue weighted by Gasteiger charge is -2.39. The van der Waals surface area contributed by atoms with Crippen LogP contribution in [-0.2, 0) is 4.12 Å². The summed E-state index contributed by atoms with van der Waals surface area (Å²) in [6.07, 6.45) is 0. The maximum absolute atomic E-state index is 6.53. The van der Waals surface area contributed by atoms with Crippen LogP contribution in [0.2, 0.25) is 24.2 Å². The Morgan fingerprint density at radius 3 is 1.13 bits per heavy atom. The van der Waals surface area contributed by atoms with E-state index in [-0.39, 0.29) is 0 Å². The molecule has 0 rings (SSSR count). The summed E-state index contributed by atoms with van der Waals surface area (Å²) in [5.74, 6) is 0. The SMILES string of the molecule is CC[Si](CC)(CCl)O[Si](CC)(CC)CCl. The van der Waals surface area contributed by atoms with Gasteiger partial charge in [-0.3, -0.25) is 0 Å². The van der Waals surface area contributed by atoms with Crippen molar-refractivity contribution in [1.82, 2.24) is 0 Å². The number of hydrogen-bond acceptors (Lipinski definition) is 1. The molecule has 92 valence electrons. The third-order valence-electron chi connectivity index (χ3n) is 3.50. The monoisotopic (exact) mass is 286 g/mol. The standard InChI is InChI=1S/C10H24Cl2OSi2/c1-5-14(6-2,9-11)13-15(7-3,8-4)10-12/h5-10H2,1-4H3. The van der Waals surface area contributed by atoms with Gasteiger partial charge in [0.2, 0.25) is 0 Å². The molecule has 0 amide bonds. The second kappa shape index (κ2) is 7.33. The van der Waals surface area contributed by atoms with Crippen LogP contribution in [0, 0.1) is 0 Å². The molecule has 0 saturated heterocycles. The summed E-state index contributed by atoms with van der Waals surface area (Å²) in [6.45, 7) is 8.82. The zero-order valence-electron chi connectivity index (χ0n) is 10.4. The van der Waals surface area contributed by atoms with Gasteiger partial charge in [0.1, 0.15) is 0 Å². The summed E-state index contributed by atoms with van der Waals surface area (Å²) in [5, 5.41) is 0. The molecule has 0 heterocycles. The molecule has 1 nitrogen and oxygen atoms in total. The van der Waals surface area contributed by atoms with Crippen LogP contribution in [0.4, 0.5) is 0 Å². The first-order valence-corrected chi connectivity index (χ1v) is 12.0. The van der Waals surface area contributed by atoms with E-state index in [0.717, 1.165) is 24.2 Å². The van der Waals surface area contributed by atoms with Crippen LogP contribution in [0.15, 0.2) is 0 Å². The van der Waals surface area contributed by atoms with E-state index in [9.17, 15) is 0 Å². The Kier molecular flexibility index (Phi) is 7.80. The number of halogens is 2. The molecular weight excluding hydrogens is 263 g/mol. The molecule has 0 aromatic rings. The maximum Gasteiger partial charge on any atom is 0.194 e. The van der Waals surface area contributed by atoms with Gasteiger partial charge in [0.25, 0.3) is 0 Å². The first kappa shape index (κ1) is 16.0. The van der Waals surface area contributed by atoms with E-state index in [1.807, 2.05) is 0 Å². The van der Waals surface area contributed by atoms with Gasteiger partial charge in [-0.25, -0.2) is 0 Å². The van der Waals surface area contributed by atoms with Crippen molar-refractivity contribution >= 4 is 39.8 Å². The fourth-order valence-corrected chi connectivity index (χ4v) is 13.1. The van der Waals surface area contributed by atoms with E-state index in [1.165, 1.54) is 0 Å². The normalized spacial score (nSPS) is 13.2. The van der Waals surface area contributed by atoms with Gasteiger partial charge in [-0.15, -0.1) is 23.2 Å². The highest BCUT2D eigenvalue weighted by molar-refractivity contribution is 6.92. The van der Waals surface area contributed by atoms with E-state index in [2.05, 4.69) is 27.7 Å². The average molecular weight is 287 g/mol. The molecule has 0 aromatic heterocycles. The van der Waals surface area contributed by atoms with E-state index in [4.69, 9.17) is 27.3 Å². The van der Waals surface area contributed by atoms with Crippen LogP contribution >= 0.6 is 23.2 Å². The van der Waals surface area contributed by atoms with Gasteiger partial charge in [0.05, 0.1) is 0 Å². The van der Waals surface area contributed by atoms with Gasteiger partial charge in [0, 0.05) is 11.0 Å². The van der Waals surface area contributed by atoms with Crippen molar-refractivity contribution in [1.29, 1.82) is 0 Å². The average Bonchev–Trinajstić information content (AvgIpc) is 2.33. The summed E-state index contributed by atoms with van der Waals surface area (Å²) < 4.78 is 6.53. The predicted octanol–water partition coefficient (Wildman–Crippen LogP) is 4.53. The highest BCUT2D eigenvalue weighted by Crippen LogP contribution is 2.28. The molecule has 0 unspecified atom stereocenters. The van der Waals surface area contributed by atoms with E-state index >= 15 is 0 Å². The Morgan fingerprint density at radius 1 is 0.733 bits per heavy atom. The Balaban J connectivity index is 4.74. The molecule has 0 aliphatic heterocycles. The van der Waals surface area contributed by atoms with Gasteiger partial charge in [0.15, 0.2) is 16.6 Å². The highest BCUT2D eigenvalue weighted by atomic mass is 35.5. The van der Waals surface area contributed by atoms with Gasteiger partial charge in [-0.2, -0.15) is 0 Å². The number of hydrogen-bond donors (Lipinski definition) is 0. The molecule has 0 aliphatic carbocycles. The minimum absolute atomic E-state index is 0.714. The van der Waals surface area contributed by atoms with Gasteiger partial charge in [-0.1, -0.05) is 27.7 Å². The van der Waals surface area contributed by atoms with Crippen LogP contribution in [0.25, 0.3) is 0 Å². The van der Waals surface area contributed by atoms with Crippen LogP contribution in [0.1, 0.15) is 27.7 Å². The molecule has 0 aromatic carbocycles. The van der Waals surface area contributed by atoms with Gasteiger partial charge >= 0.3 is 0 Å². The van der Waals surface area contributed by atoms with Gasteiger partial charge < -0.3 is 4.12 Å². The Bertz CT molecular complexity index is 136. The molecule has 15 heavy (non-hydrogen) atoms. The smallest absolute Gasteiger partial charge is 0.194 e. The molecule has 5 heteroatoms. The first-order chi connectivity index (χ1) is 7.07. The maximum atomic E-state index is 6.53. The summed E-state index contributed by atoms with van der Waals surface area (Å²) in [5.41, 5.74) is 1.43. The van der Waals surface area contributed by atoms with Crippen LogP contribution in [0.3, 0.4) is 0 Å². The first-order valence-electron chi connectivity index (χ1n) is 5.89. The Hall–Kier alpha value is 0.974. The second-order valence-electron chi connectivity index (χ2n) is 4.15. The summed E-state index contributed by atoms with van der Waals surface area (Å²) >= 11 is 12.2. The van der Waals surface area contributed by atoms with Crippen molar-refractivity contribution in [2.75, 3.05) is 11.0 Å². The highest BCUT2D eigenvalue weighted by Gasteiger charge is 2.40. The fourth-order valence-electron chi connectivity index (χ4n) is 1.68. The fraction of sp³-hybridized carbons (Fsp3) is 1.00. The largest absolute Gasteiger partial charge is 0.453 e. The van der Waals surface area contributed by atoms with Crippen LogP contribution in [-0.4, -0.2) is 27.6 Å². The molecule has 0 N–H and O–H groups in total. The lowest BCUT2D eigenvalue weighted by molar-refractivity contribution is 0.522. The molecule has 0 atom stereocenters. The van der Waals surface area contributed by atoms with Crippen molar-refractivity contribution in [3.63, 3.8) is 0 Å². The molecule has 0 saturated carbocycles. The molecular formula is C10H24Cl2OSi2. The summed E-state index contributed by atoms with van der Waals surface area (Å²) in [4.78, 5) is 0. The Labute approximate surface area is 107 Å². The van der Waals surface area contributed by atoms with Crippen molar-refractivity contribution in [3.05, 3.63) is 0 Å². The minimum Gasteiger partial charge on any atom is -0.453 e. The molecule has 0 fully saturated rings. The third kappa shape index (κ3) is 4.04. The quantitative estimate of drug-likeness (QED) is 0.471. The van der Waals surface area contributed by atoms with Gasteiger partial charge in [-0.05, 0) is 24.2 Å². The van der Waals surface area contributed by atoms with Crippen molar-refractivity contribution in [2.45, 2.75) is 51.9 Å². The third-order valence-corrected chi connectivity index (χ3v) is 16.0. The molecule has 0 radical (unpaired) electrons. The predicted molar refractivity (Wildman–Crippen MR) is 76.0 cm³/mol. The van der Waals surface area contributed by atoms with Crippen LogP contribution in [0.5, 0.6) is 0 Å². The number of alkyl halides is 2. The van der Waals surface area contributed by atoms with Crippen molar-refractivity contribution in [3.8, 4) is 0 Å². The molecule has 0 spiro atoms. The lowest BCUT2D eigenvalue weighted by Crippen LogP contribution is -2.53. The topological polar surface area (TPSA) is 9.23 Å². The Morgan fingerprint density at radius 2 is 1.00 bits per heavy atom. The zero-order valence-corrected chi connectivity index (χ0v) is 13.9. The van der Waals surface area contributed by atoms with Crippen LogP contribution < -0.4 is 0 Å².